The molecule has 2 unspecified atom stereocenters. The van der Waals surface area contributed by atoms with Crippen molar-refractivity contribution in [1.29, 1.82) is 0 Å². The van der Waals surface area contributed by atoms with Gasteiger partial charge in [-0.2, -0.15) is 0 Å². The van der Waals surface area contributed by atoms with Gasteiger partial charge in [-0.3, -0.25) is 101 Å². The van der Waals surface area contributed by atoms with E-state index in [4.69, 9.17) is 23.1 Å². The van der Waals surface area contributed by atoms with Crippen LogP contribution in [-0.2, 0) is 114 Å². The first-order chi connectivity index (χ1) is 63.1. The van der Waals surface area contributed by atoms with Gasteiger partial charge in [0.25, 0.3) is 0 Å². The van der Waals surface area contributed by atoms with Crippen LogP contribution in [0.5, 0.6) is 17.2 Å². The Kier molecular flexibility index (Phi) is 44.1. The number of phenolic OH excluding ortho intramolecular Hbond substituents is 3. The van der Waals surface area contributed by atoms with Gasteiger partial charge in [0.05, 0.1) is 43.9 Å². The number of rotatable bonds is 40. The number of amides is 13. The Bertz CT molecular complexity index is 4670. The molecule has 7 rings (SSSR count). The van der Waals surface area contributed by atoms with Crippen LogP contribution in [-0.4, -0.2) is 336 Å². The molecule has 0 aliphatic carbocycles. The number of nitrogens with two attached hydrogens (primary N) is 2. The summed E-state index contributed by atoms with van der Waals surface area (Å²) in [6.45, 7) is 3.76. The van der Waals surface area contributed by atoms with Crippen LogP contribution >= 0.6 is 33.2 Å². The quantitative estimate of drug-likeness (QED) is 0.0200. The van der Waals surface area contributed by atoms with Gasteiger partial charge in [0.1, 0.15) is 77.7 Å². The van der Waals surface area contributed by atoms with Crippen LogP contribution in [0.25, 0.3) is 0 Å². The van der Waals surface area contributed by atoms with Crippen LogP contribution in [0.15, 0.2) is 91.0 Å². The number of aromatic hydroxyl groups is 3. The second-order valence-corrected chi connectivity index (χ2v) is 36.3. The number of phenols is 3. The maximum absolute atomic E-state index is 15.7. The molecule has 4 aromatic carbocycles. The summed E-state index contributed by atoms with van der Waals surface area (Å²) in [7, 11) is 1.56. The number of nitrogens with zero attached hydrogens (tertiary/aromatic N) is 5. The Balaban J connectivity index is 1.26. The van der Waals surface area contributed by atoms with Crippen molar-refractivity contribution in [3.8, 4) is 17.2 Å². The van der Waals surface area contributed by atoms with Crippen LogP contribution in [0.3, 0.4) is 0 Å². The molecule has 728 valence electrons. The summed E-state index contributed by atoms with van der Waals surface area (Å²) in [6, 6.07) is 5.36. The Hall–Kier alpha value is -12.0. The van der Waals surface area contributed by atoms with Gasteiger partial charge in [0.15, 0.2) is 0 Å². The number of benzene rings is 4. The molecule has 133 heavy (non-hydrogen) atoms. The first-order valence-electron chi connectivity index (χ1n) is 43.5. The topological polar surface area (TPSA) is 653 Å². The highest BCUT2D eigenvalue weighted by Gasteiger charge is 2.45. The number of aliphatic carboxylic acids is 4. The van der Waals surface area contributed by atoms with Crippen molar-refractivity contribution in [3.05, 3.63) is 124 Å². The van der Waals surface area contributed by atoms with Gasteiger partial charge in [-0.25, -0.2) is 0 Å². The fourth-order valence-electron chi connectivity index (χ4n) is 14.8. The number of fused-ring (bicyclic) bond motifs is 1. The number of aliphatic hydroxyl groups is 1. The summed E-state index contributed by atoms with van der Waals surface area (Å²) in [4.78, 5) is 246. The van der Waals surface area contributed by atoms with Crippen LogP contribution in [0.4, 0.5) is 0 Å². The summed E-state index contributed by atoms with van der Waals surface area (Å²) in [5.41, 5.74) is 13.7. The first kappa shape index (κ1) is 108. The van der Waals surface area contributed by atoms with Crippen molar-refractivity contribution in [3.63, 3.8) is 0 Å². The average Bonchev–Trinajstić information content (AvgIpc) is 1.69. The molecule has 3 saturated heterocycles. The maximum atomic E-state index is 15.7. The Labute approximate surface area is 780 Å². The highest BCUT2D eigenvalue weighted by molar-refractivity contribution is 8.76. The molecule has 13 amide bonds. The molecule has 43 nitrogen and oxygen atoms in total. The summed E-state index contributed by atoms with van der Waals surface area (Å²) in [5.74, 6) is -20.5. The lowest BCUT2D eigenvalue weighted by atomic mass is 9.96. The van der Waals surface area contributed by atoms with E-state index >= 15 is 28.8 Å². The smallest absolute Gasteiger partial charge is 0.317 e. The lowest BCUT2D eigenvalue weighted by Gasteiger charge is -2.33. The molecule has 23 N–H and O–H groups in total. The van der Waals surface area contributed by atoms with Gasteiger partial charge < -0.3 is 116 Å². The van der Waals surface area contributed by atoms with Gasteiger partial charge in [-0.1, -0.05) is 122 Å². The van der Waals surface area contributed by atoms with Gasteiger partial charge in [0.2, 0.25) is 76.8 Å². The molecule has 0 saturated carbocycles. The minimum Gasteiger partial charge on any atom is -0.508 e. The van der Waals surface area contributed by atoms with Crippen LogP contribution in [0.1, 0.15) is 107 Å². The van der Waals surface area contributed by atoms with Gasteiger partial charge in [-0.05, 0) is 102 Å². The second-order valence-electron chi connectivity index (χ2n) is 33.3. The fourth-order valence-corrected chi connectivity index (χ4v) is 17.3. The summed E-state index contributed by atoms with van der Waals surface area (Å²) in [5, 5.41) is 111. The predicted octanol–water partition coefficient (Wildman–Crippen LogP) is -2.82. The maximum Gasteiger partial charge on any atom is 0.317 e. The average molecular weight is 1920 g/mol. The predicted molar refractivity (Wildman–Crippen MR) is 486 cm³/mol. The number of carbonyl (C=O) groups is 17. The van der Waals surface area contributed by atoms with Crippen molar-refractivity contribution in [2.45, 2.75) is 178 Å². The van der Waals surface area contributed by atoms with E-state index < -0.39 is 250 Å². The van der Waals surface area contributed by atoms with Crippen molar-refractivity contribution >= 4 is 134 Å². The number of carbonyl (C=O) groups excluding carboxylic acids is 13. The Morgan fingerprint density at radius 1 is 0.541 bits per heavy atom. The molecule has 3 fully saturated rings. The van der Waals surface area contributed by atoms with Gasteiger partial charge in [-0.15, -0.1) is 0 Å². The zero-order chi connectivity index (χ0) is 97.7. The monoisotopic (exact) mass is 1920 g/mol. The Morgan fingerprint density at radius 2 is 1.05 bits per heavy atom. The third-order valence-electron chi connectivity index (χ3n) is 22.3. The number of nitrogens with one attached hydrogen (secondary N) is 11. The molecule has 0 bridgehead atoms. The van der Waals surface area contributed by atoms with E-state index in [0.29, 0.717) is 16.7 Å². The summed E-state index contributed by atoms with van der Waals surface area (Å²) < 4.78 is 0. The summed E-state index contributed by atoms with van der Waals surface area (Å²) >= 11 is 6.31. The second kappa shape index (κ2) is 54.3. The molecular weight excluding hydrogens is 1800 g/mol. The van der Waals surface area contributed by atoms with E-state index in [9.17, 15) is 93.6 Å². The fraction of sp³-hybridized carbons (Fsp3) is 0.529. The van der Waals surface area contributed by atoms with E-state index in [1.54, 1.807) is 56.9 Å². The van der Waals surface area contributed by atoms with Crippen LogP contribution in [0.2, 0.25) is 5.02 Å². The lowest BCUT2D eigenvalue weighted by Crippen LogP contribution is -2.61. The summed E-state index contributed by atoms with van der Waals surface area (Å²) in [6.07, 6.45) is -5.02. The highest BCUT2D eigenvalue weighted by atomic mass is 35.5. The van der Waals surface area contributed by atoms with E-state index in [1.807, 2.05) is 0 Å². The first-order valence-corrected chi connectivity index (χ1v) is 46.3. The van der Waals surface area contributed by atoms with Crippen molar-refractivity contribution in [1.82, 2.24) is 83.0 Å². The number of halogens is 1. The largest absolute Gasteiger partial charge is 0.508 e. The zero-order valence-electron chi connectivity index (χ0n) is 74.3. The van der Waals surface area contributed by atoms with Crippen LogP contribution < -0.4 is 70.0 Å². The Morgan fingerprint density at radius 3 is 1.58 bits per heavy atom. The number of hydrogen-bond acceptors (Lipinski definition) is 28. The number of carboxylic acid groups (broad SMARTS) is 4. The SMILES string of the molecule is CCC(C)[C@H](NC(=O)[C@H](Cc1ccc(O)cc1)NC(=O)C1CSSC[C@H](NC(=O)[C@@H](CCCC(=O)O)NC(=O)[C@H](Cc2ccc(O)cc2)NC(=O)CN2CCN(CC(=O)O)CCN(CC(=O)O)CCN(CC(=O)O)CC2)C(=O)N2C[C@H](O)C[C@H]2C(=O)N[C@@H](Cc2ccc(O)c(Cl)c2)C(=O)NCC(=O)N[C@@H](CC(C)C)C(=O)N1)C(=O)N[C@@H](CCC(N)=O)C(=O)NCc1ccc(CN)cc1. The van der Waals surface area contributed by atoms with E-state index in [2.05, 4.69) is 58.5 Å². The normalized spacial score (nSPS) is 20.1. The number of carboxylic acids is 4. The molecule has 4 aromatic rings. The van der Waals surface area contributed by atoms with E-state index in [1.165, 1.54) is 81.4 Å². The number of hydrogen-bond donors (Lipinski definition) is 21. The van der Waals surface area contributed by atoms with Crippen LogP contribution in [0, 0.1) is 11.8 Å². The van der Waals surface area contributed by atoms with E-state index in [-0.39, 0.29) is 144 Å². The molecule has 12 atom stereocenters. The third kappa shape index (κ3) is 37.5. The number of aliphatic hydroxyl groups excluding tert-OH is 1. The van der Waals surface area contributed by atoms with Crippen molar-refractivity contribution in [2.24, 2.45) is 23.3 Å². The van der Waals surface area contributed by atoms with Crippen molar-refractivity contribution < 1.29 is 122 Å². The highest BCUT2D eigenvalue weighted by Crippen LogP contribution is 2.29. The van der Waals surface area contributed by atoms with E-state index in [0.717, 1.165) is 32.1 Å². The molecule has 0 aromatic heterocycles. The standard InChI is InChI=1S/C87H121ClN18O25S2/c1-5-50(4)77(86(130)96-61(22-24-70(90)111)78(122)91-40-54-11-9-53(39-89)10-12-54)101-83(127)65(36-52-15-20-57(108)21-16-52)97-84(128)66-47-132-133-48-67(87(131)106-42-58(109)38-68(106)85(129)98-63(37-55-17-23-69(110)59(88)34-55)79(123)92-41-71(112)93-62(33-49(2)3)81(125)99-66)100-80(124)60(7-6-8-73(114)115)95-82(126)64(35-51-13-18-56(107)19-14-51)94-72(113)43-102-25-27-103(44-74(116)117)29-31-105(46-76(120)121)32-30-104(28-26-102)45-75(118)119/h9-21,23,34,49-50,58,60-68,77,107-110H,5-8,22,24-33,35-48,89H2,1-4H3,(H2,90,111)(H,91,122)(H,92,123)(H,93,112)(H,94,113)(H,95,126)(H,96,130)(H,97,128)(H,98,129)(H,99,125)(H,100,124)(H,101,127)(H,114,115)(H,116,117)(H,118,119)(H,120,121)/t50?,58-,60-,61+,62+,63+,64+,65+,66?,67+,68+,77+/m1/s1. The molecular formula is C87H121ClN18O25S2. The minimum atomic E-state index is -1.86. The van der Waals surface area contributed by atoms with Gasteiger partial charge >= 0.3 is 23.9 Å². The lowest BCUT2D eigenvalue weighted by molar-refractivity contribution is -0.142. The third-order valence-corrected chi connectivity index (χ3v) is 25.0. The molecule has 3 aliphatic heterocycles. The molecule has 3 heterocycles. The number of primary amides is 1. The minimum absolute atomic E-state index is 0.00680. The van der Waals surface area contributed by atoms with Gasteiger partial charge in [0, 0.05) is 122 Å². The molecule has 46 heteroatoms. The van der Waals surface area contributed by atoms with Crippen molar-refractivity contribution in [2.75, 3.05) is 103 Å². The molecule has 3 aliphatic rings. The molecule has 0 radical (unpaired) electrons. The zero-order valence-corrected chi connectivity index (χ0v) is 76.7. The molecule has 0 spiro atoms.